The van der Waals surface area contributed by atoms with E-state index in [0.717, 1.165) is 24.9 Å². The van der Waals surface area contributed by atoms with Crippen LogP contribution >= 0.6 is 11.6 Å². The zero-order valence-corrected chi connectivity index (χ0v) is 10.8. The molecule has 92 valence electrons. The molecule has 0 aliphatic carbocycles. The lowest BCUT2D eigenvalue weighted by Crippen LogP contribution is -2.31. The average Bonchev–Trinajstić information content (AvgIpc) is 2.79. The van der Waals surface area contributed by atoms with Crippen LogP contribution in [0.25, 0.3) is 0 Å². The van der Waals surface area contributed by atoms with E-state index < -0.39 is 0 Å². The number of aromatic hydroxyl groups is 1. The summed E-state index contributed by atoms with van der Waals surface area (Å²) in [5.74, 6) is -0.0255. The highest BCUT2D eigenvalue weighted by Gasteiger charge is 2.27. The molecule has 4 heteroatoms. The molecule has 0 amide bonds. The van der Waals surface area contributed by atoms with Gasteiger partial charge in [-0.25, -0.2) is 0 Å². The standard InChI is InChI=1S/C13H16ClNO2/c1-7-6-10(16)11(8(2)12(7)14)13(17)9-4-3-5-15-9/h6,9,15-16H,3-5H2,1-2H3. The van der Waals surface area contributed by atoms with Gasteiger partial charge in [-0.1, -0.05) is 11.6 Å². The Morgan fingerprint density at radius 1 is 1.53 bits per heavy atom. The SMILES string of the molecule is Cc1cc(O)c(C(=O)C2CCCN2)c(C)c1Cl. The molecular formula is C13H16ClNO2. The third-order valence-corrected chi connectivity index (χ3v) is 3.86. The number of hydrogen-bond donors (Lipinski definition) is 2. The molecule has 17 heavy (non-hydrogen) atoms. The summed E-state index contributed by atoms with van der Waals surface area (Å²) in [6, 6.07) is 1.37. The van der Waals surface area contributed by atoms with Crippen LogP contribution in [-0.2, 0) is 0 Å². The number of rotatable bonds is 2. The van der Waals surface area contributed by atoms with Crippen LogP contribution in [0.2, 0.25) is 5.02 Å². The number of phenolic OH excluding ortho intramolecular Hbond substituents is 1. The molecule has 1 unspecified atom stereocenters. The minimum atomic E-state index is -0.182. The van der Waals surface area contributed by atoms with Crippen molar-refractivity contribution < 1.29 is 9.90 Å². The highest BCUT2D eigenvalue weighted by molar-refractivity contribution is 6.32. The van der Waals surface area contributed by atoms with Gasteiger partial charge < -0.3 is 10.4 Å². The first-order chi connectivity index (χ1) is 8.02. The van der Waals surface area contributed by atoms with Gasteiger partial charge in [-0.3, -0.25) is 4.79 Å². The minimum absolute atomic E-state index is 0.0306. The molecule has 1 saturated heterocycles. The first-order valence-corrected chi connectivity index (χ1v) is 6.16. The maximum absolute atomic E-state index is 12.3. The fourth-order valence-corrected chi connectivity index (χ4v) is 2.48. The molecule has 0 aromatic heterocycles. The van der Waals surface area contributed by atoms with E-state index in [1.807, 2.05) is 6.92 Å². The van der Waals surface area contributed by atoms with Crippen LogP contribution < -0.4 is 5.32 Å². The summed E-state index contributed by atoms with van der Waals surface area (Å²) in [5, 5.41) is 13.6. The van der Waals surface area contributed by atoms with Crippen molar-refractivity contribution in [3.05, 3.63) is 27.8 Å². The molecule has 1 aromatic carbocycles. The van der Waals surface area contributed by atoms with Crippen molar-refractivity contribution in [1.29, 1.82) is 0 Å². The zero-order chi connectivity index (χ0) is 12.6. The van der Waals surface area contributed by atoms with Crippen molar-refractivity contribution in [1.82, 2.24) is 5.32 Å². The average molecular weight is 254 g/mol. The van der Waals surface area contributed by atoms with Crippen molar-refractivity contribution in [2.45, 2.75) is 32.7 Å². The lowest BCUT2D eigenvalue weighted by Gasteiger charge is -2.15. The lowest BCUT2D eigenvalue weighted by atomic mass is 9.96. The fourth-order valence-electron chi connectivity index (χ4n) is 2.33. The Kier molecular flexibility index (Phi) is 3.40. The van der Waals surface area contributed by atoms with Gasteiger partial charge in [0.15, 0.2) is 5.78 Å². The number of hydrogen-bond acceptors (Lipinski definition) is 3. The summed E-state index contributed by atoms with van der Waals surface area (Å²) in [7, 11) is 0. The molecule has 0 radical (unpaired) electrons. The third-order valence-electron chi connectivity index (χ3n) is 3.28. The van der Waals surface area contributed by atoms with E-state index in [4.69, 9.17) is 11.6 Å². The van der Waals surface area contributed by atoms with Crippen LogP contribution in [0, 0.1) is 13.8 Å². The van der Waals surface area contributed by atoms with E-state index in [9.17, 15) is 9.90 Å². The number of halogens is 1. The molecule has 3 nitrogen and oxygen atoms in total. The van der Waals surface area contributed by atoms with Crippen molar-refractivity contribution in [2.24, 2.45) is 0 Å². The van der Waals surface area contributed by atoms with E-state index in [-0.39, 0.29) is 17.6 Å². The van der Waals surface area contributed by atoms with E-state index in [0.29, 0.717) is 16.1 Å². The van der Waals surface area contributed by atoms with E-state index in [1.54, 1.807) is 13.0 Å². The first kappa shape index (κ1) is 12.4. The van der Waals surface area contributed by atoms with Gasteiger partial charge in [0.05, 0.1) is 11.6 Å². The molecule has 0 saturated carbocycles. The second-order valence-electron chi connectivity index (χ2n) is 4.54. The monoisotopic (exact) mass is 253 g/mol. The van der Waals surface area contributed by atoms with Gasteiger partial charge in [0.1, 0.15) is 5.75 Å². The summed E-state index contributed by atoms with van der Waals surface area (Å²) in [4.78, 5) is 12.3. The Balaban J connectivity index is 2.44. The summed E-state index contributed by atoms with van der Waals surface area (Å²) < 4.78 is 0. The summed E-state index contributed by atoms with van der Waals surface area (Å²) in [6.07, 6.45) is 1.82. The minimum Gasteiger partial charge on any atom is -0.507 e. The van der Waals surface area contributed by atoms with Crippen LogP contribution in [0.5, 0.6) is 5.75 Å². The number of carbonyl (C=O) groups is 1. The van der Waals surface area contributed by atoms with Crippen LogP contribution in [0.1, 0.15) is 34.3 Å². The van der Waals surface area contributed by atoms with Crippen LogP contribution in [0.4, 0.5) is 0 Å². The highest BCUT2D eigenvalue weighted by Crippen LogP contribution is 2.32. The topological polar surface area (TPSA) is 49.3 Å². The van der Waals surface area contributed by atoms with Gasteiger partial charge >= 0.3 is 0 Å². The number of carbonyl (C=O) groups excluding carboxylic acids is 1. The maximum Gasteiger partial charge on any atom is 0.183 e. The predicted molar refractivity (Wildman–Crippen MR) is 67.9 cm³/mol. The van der Waals surface area contributed by atoms with Gasteiger partial charge in [-0.2, -0.15) is 0 Å². The largest absolute Gasteiger partial charge is 0.507 e. The van der Waals surface area contributed by atoms with Crippen molar-refractivity contribution in [3.63, 3.8) is 0 Å². The predicted octanol–water partition coefficient (Wildman–Crippen LogP) is 2.60. The summed E-state index contributed by atoms with van der Waals surface area (Å²) in [5.41, 5.74) is 1.82. The molecule has 1 aromatic rings. The number of phenols is 1. The molecule has 2 rings (SSSR count). The van der Waals surface area contributed by atoms with Gasteiger partial charge in [-0.05, 0) is 50.4 Å². The molecule has 1 heterocycles. The smallest absolute Gasteiger partial charge is 0.183 e. The zero-order valence-electron chi connectivity index (χ0n) is 10.0. The number of aryl methyl sites for hydroxylation is 1. The van der Waals surface area contributed by atoms with Crippen LogP contribution in [0.3, 0.4) is 0 Å². The van der Waals surface area contributed by atoms with Crippen LogP contribution in [-0.4, -0.2) is 23.5 Å². The third kappa shape index (κ3) is 2.17. The van der Waals surface area contributed by atoms with Crippen molar-refractivity contribution >= 4 is 17.4 Å². The fraction of sp³-hybridized carbons (Fsp3) is 0.462. The Labute approximate surface area is 106 Å². The molecule has 0 bridgehead atoms. The van der Waals surface area contributed by atoms with E-state index in [2.05, 4.69) is 5.32 Å². The van der Waals surface area contributed by atoms with Gasteiger partial charge in [-0.15, -0.1) is 0 Å². The quantitative estimate of drug-likeness (QED) is 0.797. The molecule has 2 N–H and O–H groups in total. The highest BCUT2D eigenvalue weighted by atomic mass is 35.5. The molecular weight excluding hydrogens is 238 g/mol. The number of ketones is 1. The second kappa shape index (κ2) is 4.67. The van der Waals surface area contributed by atoms with Gasteiger partial charge in [0.2, 0.25) is 0 Å². The molecule has 0 spiro atoms. The van der Waals surface area contributed by atoms with E-state index >= 15 is 0 Å². The summed E-state index contributed by atoms with van der Waals surface area (Å²) in [6.45, 7) is 4.45. The number of nitrogens with one attached hydrogen (secondary N) is 1. The van der Waals surface area contributed by atoms with Gasteiger partial charge in [0.25, 0.3) is 0 Å². The molecule has 1 atom stereocenters. The lowest BCUT2D eigenvalue weighted by molar-refractivity contribution is 0.0949. The Morgan fingerprint density at radius 3 is 2.82 bits per heavy atom. The van der Waals surface area contributed by atoms with Crippen molar-refractivity contribution in [2.75, 3.05) is 6.54 Å². The molecule has 1 fully saturated rings. The normalized spacial score (nSPS) is 19.6. The van der Waals surface area contributed by atoms with Gasteiger partial charge in [0, 0.05) is 5.02 Å². The van der Waals surface area contributed by atoms with Crippen molar-refractivity contribution in [3.8, 4) is 5.75 Å². The Morgan fingerprint density at radius 2 is 2.24 bits per heavy atom. The number of Topliss-reactive ketones (excluding diaryl/α,β-unsaturated/α-hetero) is 1. The maximum atomic E-state index is 12.3. The summed E-state index contributed by atoms with van der Waals surface area (Å²) >= 11 is 6.12. The Hall–Kier alpha value is -1.06. The second-order valence-corrected chi connectivity index (χ2v) is 4.92. The van der Waals surface area contributed by atoms with Crippen LogP contribution in [0.15, 0.2) is 6.07 Å². The van der Waals surface area contributed by atoms with E-state index in [1.165, 1.54) is 0 Å². The Bertz CT molecular complexity index is 465. The number of benzene rings is 1. The molecule has 1 aliphatic rings. The first-order valence-electron chi connectivity index (χ1n) is 5.78. The molecule has 1 aliphatic heterocycles.